The van der Waals surface area contributed by atoms with Gasteiger partial charge in [-0.05, 0) is 37.3 Å². The maximum atomic E-state index is 14.0. The molecular formula is C29H31F2N3O3. The smallest absolute Gasteiger partial charge is 0.253 e. The number of halogens is 2. The Labute approximate surface area is 214 Å². The number of aromatic nitrogens is 2. The molecule has 37 heavy (non-hydrogen) atoms. The predicted molar refractivity (Wildman–Crippen MR) is 136 cm³/mol. The highest BCUT2D eigenvalue weighted by molar-refractivity contribution is 5.76. The van der Waals surface area contributed by atoms with E-state index in [9.17, 15) is 23.5 Å². The lowest BCUT2D eigenvalue weighted by Gasteiger charge is -2.52. The number of aryl methyl sites for hydroxylation is 1. The van der Waals surface area contributed by atoms with Crippen LogP contribution in [0, 0.1) is 17.0 Å². The molecule has 0 radical (unpaired) electrons. The Morgan fingerprint density at radius 1 is 1.03 bits per heavy atom. The van der Waals surface area contributed by atoms with E-state index >= 15 is 0 Å². The summed E-state index contributed by atoms with van der Waals surface area (Å²) in [6.07, 6.45) is 5.42. The van der Waals surface area contributed by atoms with E-state index in [2.05, 4.69) is 4.98 Å². The molecule has 8 heteroatoms. The third kappa shape index (κ3) is 4.94. The second-order valence-corrected chi connectivity index (χ2v) is 10.4. The van der Waals surface area contributed by atoms with Crippen molar-refractivity contribution in [2.45, 2.75) is 57.1 Å². The molecule has 5 rings (SSSR count). The van der Waals surface area contributed by atoms with Crippen molar-refractivity contribution in [3.63, 3.8) is 0 Å². The number of aliphatic hydroxyl groups is 1. The molecule has 2 heterocycles. The summed E-state index contributed by atoms with van der Waals surface area (Å²) in [5.41, 5.74) is -0.298. The van der Waals surface area contributed by atoms with Crippen molar-refractivity contribution in [3.05, 3.63) is 88.5 Å². The van der Waals surface area contributed by atoms with Crippen molar-refractivity contribution in [2.75, 3.05) is 13.1 Å². The normalized spacial score (nSPS) is 20.9. The molecule has 1 aliphatic heterocycles. The first-order valence-electron chi connectivity index (χ1n) is 12.9. The van der Waals surface area contributed by atoms with Crippen molar-refractivity contribution >= 4 is 5.91 Å². The second kappa shape index (κ2) is 10.2. The predicted octanol–water partition coefficient (Wildman–Crippen LogP) is 4.35. The molecule has 1 saturated carbocycles. The third-order valence-electron chi connectivity index (χ3n) is 8.21. The largest absolute Gasteiger partial charge is 0.387 e. The molecule has 2 aromatic carbocycles. The number of carbonyl (C=O) groups is 1. The summed E-state index contributed by atoms with van der Waals surface area (Å²) < 4.78 is 29.0. The summed E-state index contributed by atoms with van der Waals surface area (Å²) in [4.78, 5) is 32.2. The van der Waals surface area contributed by atoms with Crippen LogP contribution in [0.2, 0.25) is 0 Å². The van der Waals surface area contributed by atoms with Crippen LogP contribution >= 0.6 is 0 Å². The summed E-state index contributed by atoms with van der Waals surface area (Å²) >= 11 is 0. The molecule has 0 bridgehead atoms. The van der Waals surface area contributed by atoms with Gasteiger partial charge in [0.05, 0.1) is 24.2 Å². The van der Waals surface area contributed by atoms with Crippen molar-refractivity contribution < 1.29 is 18.7 Å². The highest BCUT2D eigenvalue weighted by Gasteiger charge is 2.55. The van der Waals surface area contributed by atoms with Gasteiger partial charge in [-0.25, -0.2) is 13.8 Å². The summed E-state index contributed by atoms with van der Waals surface area (Å²) in [5, 5.41) is 11.9. The van der Waals surface area contributed by atoms with Crippen LogP contribution in [0.25, 0.3) is 11.3 Å². The average Bonchev–Trinajstić information content (AvgIpc) is 3.38. The Morgan fingerprint density at radius 2 is 1.78 bits per heavy atom. The Kier molecular flexibility index (Phi) is 6.94. The molecule has 2 fully saturated rings. The van der Waals surface area contributed by atoms with Gasteiger partial charge < -0.3 is 10.0 Å². The Bertz CT molecular complexity index is 1340. The van der Waals surface area contributed by atoms with Gasteiger partial charge in [-0.2, -0.15) is 0 Å². The van der Waals surface area contributed by atoms with E-state index in [4.69, 9.17) is 0 Å². The SMILES string of the molecule is O=C(CCc1cccc(F)c1F)N1CC[C@@](O)(Cn2cnc(-c3ccccc3)cc2=O)C2(CCCC2)C1. The van der Waals surface area contributed by atoms with Crippen molar-refractivity contribution in [2.24, 2.45) is 5.41 Å². The number of nitrogens with zero attached hydrogens (tertiary/aromatic N) is 3. The van der Waals surface area contributed by atoms with E-state index in [0.29, 0.717) is 25.2 Å². The monoisotopic (exact) mass is 507 g/mol. The first-order chi connectivity index (χ1) is 17.8. The molecule has 1 saturated heterocycles. The van der Waals surface area contributed by atoms with E-state index < -0.39 is 22.7 Å². The van der Waals surface area contributed by atoms with Gasteiger partial charge in [0.2, 0.25) is 5.91 Å². The van der Waals surface area contributed by atoms with Crippen LogP contribution in [-0.4, -0.2) is 44.2 Å². The van der Waals surface area contributed by atoms with Crippen molar-refractivity contribution in [3.8, 4) is 11.3 Å². The second-order valence-electron chi connectivity index (χ2n) is 10.4. The lowest BCUT2D eigenvalue weighted by Crippen LogP contribution is -2.62. The van der Waals surface area contributed by atoms with Crippen LogP contribution in [0.3, 0.4) is 0 Å². The number of hydrogen-bond acceptors (Lipinski definition) is 4. The van der Waals surface area contributed by atoms with E-state index in [0.717, 1.165) is 37.3 Å². The lowest BCUT2D eigenvalue weighted by molar-refractivity contribution is -0.160. The van der Waals surface area contributed by atoms with E-state index in [1.807, 2.05) is 30.3 Å². The summed E-state index contributed by atoms with van der Waals surface area (Å²) in [6.45, 7) is 0.843. The fourth-order valence-electron chi connectivity index (χ4n) is 6.05. The zero-order chi connectivity index (χ0) is 26.0. The molecule has 3 aromatic rings. The minimum Gasteiger partial charge on any atom is -0.387 e. The Hall–Kier alpha value is -3.39. The molecular weight excluding hydrogens is 476 g/mol. The molecule has 0 unspecified atom stereocenters. The standard InChI is InChI=1S/C29H31F2N3O3/c30-23-10-6-9-22(27(23)31)11-12-25(35)33-16-15-29(37,28(18-33)13-4-5-14-28)19-34-20-32-24(17-26(34)36)21-7-2-1-3-8-21/h1-3,6-10,17,20,37H,4-5,11-16,18-19H2/t29-/m1/s1. The van der Waals surface area contributed by atoms with Crippen LogP contribution < -0.4 is 5.56 Å². The topological polar surface area (TPSA) is 75.4 Å². The van der Waals surface area contributed by atoms with Gasteiger partial charge in [0.15, 0.2) is 11.6 Å². The molecule has 1 aromatic heterocycles. The highest BCUT2D eigenvalue weighted by atomic mass is 19.2. The van der Waals surface area contributed by atoms with Crippen LogP contribution in [0.5, 0.6) is 0 Å². The average molecular weight is 508 g/mol. The summed E-state index contributed by atoms with van der Waals surface area (Å²) in [6, 6.07) is 14.9. The number of carbonyl (C=O) groups excluding carboxylic acids is 1. The molecule has 1 atom stereocenters. The number of hydrogen-bond donors (Lipinski definition) is 1. The quantitative estimate of drug-likeness (QED) is 0.539. The zero-order valence-electron chi connectivity index (χ0n) is 20.7. The molecule has 1 aliphatic carbocycles. The number of likely N-dealkylation sites (tertiary alicyclic amines) is 1. The summed E-state index contributed by atoms with van der Waals surface area (Å²) in [5.74, 6) is -1.96. The number of amides is 1. The van der Waals surface area contributed by atoms with E-state index in [-0.39, 0.29) is 36.4 Å². The first kappa shape index (κ1) is 25.3. The fourth-order valence-corrected chi connectivity index (χ4v) is 6.05. The molecule has 1 spiro atoms. The van der Waals surface area contributed by atoms with Crippen LogP contribution in [0.4, 0.5) is 8.78 Å². The number of piperidine rings is 1. The van der Waals surface area contributed by atoms with Gasteiger partial charge >= 0.3 is 0 Å². The van der Waals surface area contributed by atoms with Gasteiger partial charge in [-0.1, -0.05) is 55.3 Å². The van der Waals surface area contributed by atoms with Gasteiger partial charge in [-0.15, -0.1) is 0 Å². The zero-order valence-corrected chi connectivity index (χ0v) is 20.7. The Morgan fingerprint density at radius 3 is 2.51 bits per heavy atom. The first-order valence-corrected chi connectivity index (χ1v) is 12.9. The van der Waals surface area contributed by atoms with Crippen molar-refractivity contribution in [1.82, 2.24) is 14.5 Å². The molecule has 6 nitrogen and oxygen atoms in total. The fraction of sp³-hybridized carbons (Fsp3) is 0.414. The van der Waals surface area contributed by atoms with E-state index in [1.165, 1.54) is 29.1 Å². The lowest BCUT2D eigenvalue weighted by atomic mass is 9.65. The molecule has 1 N–H and O–H groups in total. The van der Waals surface area contributed by atoms with Crippen LogP contribution in [0.1, 0.15) is 44.1 Å². The third-order valence-corrected chi connectivity index (χ3v) is 8.21. The van der Waals surface area contributed by atoms with Gasteiger partial charge in [0.1, 0.15) is 0 Å². The van der Waals surface area contributed by atoms with Gasteiger partial charge in [0.25, 0.3) is 5.56 Å². The number of benzene rings is 2. The molecule has 2 aliphatic rings. The number of rotatable bonds is 6. The minimum absolute atomic E-state index is 0.0687. The van der Waals surface area contributed by atoms with Gasteiger partial charge in [-0.3, -0.25) is 14.2 Å². The van der Waals surface area contributed by atoms with Crippen molar-refractivity contribution in [1.29, 1.82) is 0 Å². The molecule has 1 amide bonds. The van der Waals surface area contributed by atoms with Crippen LogP contribution in [-0.2, 0) is 17.8 Å². The van der Waals surface area contributed by atoms with Gasteiger partial charge in [0, 0.05) is 36.6 Å². The summed E-state index contributed by atoms with van der Waals surface area (Å²) in [7, 11) is 0. The van der Waals surface area contributed by atoms with Crippen LogP contribution in [0.15, 0.2) is 65.7 Å². The highest BCUT2D eigenvalue weighted by Crippen LogP contribution is 2.51. The van der Waals surface area contributed by atoms with E-state index in [1.54, 1.807) is 4.90 Å². The molecule has 194 valence electrons. The Balaban J connectivity index is 1.31. The maximum Gasteiger partial charge on any atom is 0.253 e. The maximum absolute atomic E-state index is 14.0. The minimum atomic E-state index is -1.16.